The minimum Gasteiger partial charge on any atom is -0.464 e. The molecular formula is C27H31N7O2. The topological polar surface area (TPSA) is 102 Å². The average molecular weight is 486 g/mol. The summed E-state index contributed by atoms with van der Waals surface area (Å²) < 4.78 is 7.27. The van der Waals surface area contributed by atoms with Gasteiger partial charge in [0.15, 0.2) is 11.5 Å². The molecule has 0 radical (unpaired) electrons. The van der Waals surface area contributed by atoms with E-state index < -0.39 is 0 Å². The van der Waals surface area contributed by atoms with Crippen molar-refractivity contribution in [3.05, 3.63) is 65.6 Å². The van der Waals surface area contributed by atoms with Crippen molar-refractivity contribution >= 4 is 11.8 Å². The van der Waals surface area contributed by atoms with Crippen LogP contribution in [0.5, 0.6) is 0 Å². The Bertz CT molecular complexity index is 1310. The number of rotatable bonds is 9. The van der Waals surface area contributed by atoms with Crippen LogP contribution < -0.4 is 4.90 Å². The summed E-state index contributed by atoms with van der Waals surface area (Å²) >= 11 is 0. The predicted molar refractivity (Wildman–Crippen MR) is 138 cm³/mol. The number of benzene rings is 2. The lowest BCUT2D eigenvalue weighted by Crippen LogP contribution is -2.22. The molecule has 186 valence electrons. The molecule has 0 unspecified atom stereocenters. The van der Waals surface area contributed by atoms with E-state index in [4.69, 9.17) is 9.72 Å². The van der Waals surface area contributed by atoms with Crippen LogP contribution >= 0.6 is 0 Å². The Hall–Kier alpha value is -4.01. The first kappa shape index (κ1) is 23.7. The Morgan fingerprint density at radius 3 is 2.47 bits per heavy atom. The summed E-state index contributed by atoms with van der Waals surface area (Å²) in [7, 11) is 1.44. The van der Waals surface area contributed by atoms with E-state index in [-0.39, 0.29) is 5.97 Å². The van der Waals surface area contributed by atoms with Crippen molar-refractivity contribution in [3.63, 3.8) is 0 Å². The number of carbonyl (C=O) groups excluding carboxylic acids is 1. The number of aromatic nitrogens is 6. The Morgan fingerprint density at radius 1 is 1.06 bits per heavy atom. The summed E-state index contributed by atoms with van der Waals surface area (Å²) in [5.74, 6) is 1.92. The van der Waals surface area contributed by atoms with Gasteiger partial charge in [-0.25, -0.2) is 9.78 Å². The van der Waals surface area contributed by atoms with Gasteiger partial charge in [-0.2, -0.15) is 5.21 Å². The molecule has 0 saturated carbocycles. The second kappa shape index (κ2) is 10.7. The van der Waals surface area contributed by atoms with Gasteiger partial charge in [0.05, 0.1) is 7.11 Å². The summed E-state index contributed by atoms with van der Waals surface area (Å²) in [5.41, 5.74) is 4.64. The van der Waals surface area contributed by atoms with Crippen molar-refractivity contribution in [2.75, 3.05) is 25.1 Å². The number of carbonyl (C=O) groups is 1. The van der Waals surface area contributed by atoms with Crippen molar-refractivity contribution in [2.24, 2.45) is 0 Å². The zero-order valence-electron chi connectivity index (χ0n) is 20.8. The summed E-state index contributed by atoms with van der Waals surface area (Å²) in [4.78, 5) is 20.1. The van der Waals surface area contributed by atoms with Crippen LogP contribution in [-0.4, -0.2) is 56.3 Å². The van der Waals surface area contributed by atoms with Crippen molar-refractivity contribution in [3.8, 4) is 22.5 Å². The lowest BCUT2D eigenvalue weighted by Gasteiger charge is -2.17. The van der Waals surface area contributed by atoms with Gasteiger partial charge < -0.3 is 14.2 Å². The fraction of sp³-hybridized carbons (Fsp3) is 0.370. The number of anilines is 1. The van der Waals surface area contributed by atoms with Crippen LogP contribution in [0.2, 0.25) is 0 Å². The minimum absolute atomic E-state index is 0.335. The Kier molecular flexibility index (Phi) is 7.06. The molecule has 1 aliphatic heterocycles. The highest BCUT2D eigenvalue weighted by molar-refractivity contribution is 5.93. The van der Waals surface area contributed by atoms with Gasteiger partial charge in [-0.1, -0.05) is 61.9 Å². The van der Waals surface area contributed by atoms with Crippen LogP contribution in [0.3, 0.4) is 0 Å². The number of hydrogen-bond donors (Lipinski definition) is 1. The van der Waals surface area contributed by atoms with E-state index in [0.717, 1.165) is 79.1 Å². The van der Waals surface area contributed by atoms with Gasteiger partial charge >= 0.3 is 5.97 Å². The Labute approximate surface area is 210 Å². The normalized spacial score (nSPS) is 13.3. The molecule has 0 atom stereocenters. The molecule has 3 heterocycles. The van der Waals surface area contributed by atoms with E-state index in [1.165, 1.54) is 7.11 Å². The monoisotopic (exact) mass is 485 g/mol. The van der Waals surface area contributed by atoms with Crippen molar-refractivity contribution in [2.45, 2.75) is 45.6 Å². The zero-order valence-corrected chi connectivity index (χ0v) is 20.8. The summed E-state index contributed by atoms with van der Waals surface area (Å²) in [5, 5.41) is 14.5. The zero-order chi connectivity index (χ0) is 24.9. The van der Waals surface area contributed by atoms with Crippen LogP contribution in [0.15, 0.2) is 48.5 Å². The molecular weight excluding hydrogens is 454 g/mol. The Balaban J connectivity index is 1.49. The van der Waals surface area contributed by atoms with Gasteiger partial charge in [0.2, 0.25) is 5.82 Å². The highest BCUT2D eigenvalue weighted by Gasteiger charge is 2.28. The van der Waals surface area contributed by atoms with Crippen LogP contribution in [-0.2, 0) is 17.7 Å². The third-order valence-electron chi connectivity index (χ3n) is 6.69. The molecule has 1 saturated heterocycles. The summed E-state index contributed by atoms with van der Waals surface area (Å²) in [6.07, 6.45) is 5.14. The second-order valence-corrected chi connectivity index (χ2v) is 9.05. The number of esters is 1. The number of nitrogens with one attached hydrogen (secondary N) is 1. The SMILES string of the molecule is CCCCc1nc(N2CCCC2)c(C(=O)OC)n1Cc1ccc(-c2ccccc2-c2nn[nH]n2)cc1. The molecule has 4 aromatic rings. The fourth-order valence-corrected chi connectivity index (χ4v) is 4.81. The van der Waals surface area contributed by atoms with Gasteiger partial charge in [-0.15, -0.1) is 10.2 Å². The van der Waals surface area contributed by atoms with Crippen LogP contribution in [0, 0.1) is 0 Å². The number of hydrogen-bond acceptors (Lipinski definition) is 7. The van der Waals surface area contributed by atoms with Crippen molar-refractivity contribution < 1.29 is 9.53 Å². The number of aromatic amines is 1. The number of methoxy groups -OCH3 is 1. The minimum atomic E-state index is -0.335. The lowest BCUT2D eigenvalue weighted by molar-refractivity contribution is 0.0589. The van der Waals surface area contributed by atoms with Crippen LogP contribution in [0.4, 0.5) is 5.82 Å². The second-order valence-electron chi connectivity index (χ2n) is 9.05. The fourth-order valence-electron chi connectivity index (χ4n) is 4.81. The van der Waals surface area contributed by atoms with Crippen molar-refractivity contribution in [1.29, 1.82) is 0 Å². The maximum absolute atomic E-state index is 12.9. The van der Waals surface area contributed by atoms with E-state index in [1.54, 1.807) is 0 Å². The first-order valence-electron chi connectivity index (χ1n) is 12.5. The third kappa shape index (κ3) is 4.73. The third-order valence-corrected chi connectivity index (χ3v) is 6.69. The van der Waals surface area contributed by atoms with Crippen LogP contribution in [0.1, 0.15) is 54.5 Å². The maximum Gasteiger partial charge on any atom is 0.358 e. The molecule has 9 heteroatoms. The van der Waals surface area contributed by atoms with Crippen molar-refractivity contribution in [1.82, 2.24) is 30.2 Å². The molecule has 0 amide bonds. The van der Waals surface area contributed by atoms with E-state index in [2.05, 4.69) is 67.3 Å². The van der Waals surface area contributed by atoms with Gasteiger partial charge in [0.25, 0.3) is 0 Å². The number of unbranched alkanes of at least 4 members (excludes halogenated alkanes) is 1. The largest absolute Gasteiger partial charge is 0.464 e. The number of nitrogens with zero attached hydrogens (tertiary/aromatic N) is 6. The van der Waals surface area contributed by atoms with Gasteiger partial charge in [-0.3, -0.25) is 0 Å². The molecule has 2 aromatic carbocycles. The first-order valence-corrected chi connectivity index (χ1v) is 12.5. The number of aryl methyl sites for hydroxylation is 1. The maximum atomic E-state index is 12.9. The number of imidazole rings is 1. The summed E-state index contributed by atoms with van der Waals surface area (Å²) in [6, 6.07) is 16.4. The smallest absolute Gasteiger partial charge is 0.358 e. The lowest BCUT2D eigenvalue weighted by atomic mass is 9.98. The molecule has 1 N–H and O–H groups in total. The highest BCUT2D eigenvalue weighted by Crippen LogP contribution is 2.31. The molecule has 9 nitrogen and oxygen atoms in total. The number of tetrazole rings is 1. The van der Waals surface area contributed by atoms with Crippen LogP contribution in [0.25, 0.3) is 22.5 Å². The molecule has 0 spiro atoms. The molecule has 1 fully saturated rings. The molecule has 2 aromatic heterocycles. The molecule has 1 aliphatic rings. The van der Waals surface area contributed by atoms with E-state index >= 15 is 0 Å². The molecule has 36 heavy (non-hydrogen) atoms. The van der Waals surface area contributed by atoms with Gasteiger partial charge in [-0.05, 0) is 41.2 Å². The highest BCUT2D eigenvalue weighted by atomic mass is 16.5. The van der Waals surface area contributed by atoms with E-state index in [0.29, 0.717) is 18.1 Å². The average Bonchev–Trinajstić information content (AvgIpc) is 3.69. The van der Waals surface area contributed by atoms with E-state index in [9.17, 15) is 4.79 Å². The first-order chi connectivity index (χ1) is 17.7. The van der Waals surface area contributed by atoms with Gasteiger partial charge in [0.1, 0.15) is 5.82 Å². The Morgan fingerprint density at radius 2 is 1.81 bits per heavy atom. The quantitative estimate of drug-likeness (QED) is 0.348. The molecule has 0 aliphatic carbocycles. The standard InChI is InChI=1S/C27H31N7O2/c1-3-4-11-23-28-26(33-16-7-8-17-33)24(27(35)36-2)34(23)18-19-12-14-20(15-13-19)21-9-5-6-10-22(21)25-29-31-32-30-25/h5-6,9-10,12-15H,3-4,7-8,11,16-18H2,1-2H3,(H,29,30,31,32). The number of ether oxygens (including phenoxy) is 1. The summed E-state index contributed by atoms with van der Waals surface area (Å²) in [6.45, 7) is 4.56. The van der Waals surface area contributed by atoms with E-state index in [1.807, 2.05) is 18.2 Å². The predicted octanol–water partition coefficient (Wildman–Crippen LogP) is 4.51. The molecule has 0 bridgehead atoms. The number of H-pyrrole nitrogens is 1. The molecule has 5 rings (SSSR count). The van der Waals surface area contributed by atoms with Gasteiger partial charge in [0, 0.05) is 31.6 Å².